The van der Waals surface area contributed by atoms with Crippen LogP contribution in [0.3, 0.4) is 0 Å². The summed E-state index contributed by atoms with van der Waals surface area (Å²) in [5, 5.41) is 20.5. The molecule has 14 heavy (non-hydrogen) atoms. The molecule has 0 bridgehead atoms. The van der Waals surface area contributed by atoms with E-state index in [2.05, 4.69) is 0 Å². The molecule has 6 heteroatoms. The van der Waals surface area contributed by atoms with Gasteiger partial charge in [0.2, 0.25) is 0 Å². The summed E-state index contributed by atoms with van der Waals surface area (Å²) in [7, 11) is -1.76. The minimum Gasteiger partial charge on any atom is -0.423 e. The van der Waals surface area contributed by atoms with E-state index in [4.69, 9.17) is 10.0 Å². The molecule has 0 unspecified atom stereocenters. The second kappa shape index (κ2) is 3.76. The molecule has 0 radical (unpaired) electrons. The second-order valence-electron chi connectivity index (χ2n) is 2.79. The molecule has 2 nitrogen and oxygen atoms in total. The van der Waals surface area contributed by atoms with Gasteiger partial charge in [0.15, 0.2) is 0 Å². The molecule has 0 aliphatic heterocycles. The predicted molar refractivity (Wildman–Crippen MR) is 64.3 cm³/mol. The Kier molecular flexibility index (Phi) is 2.78. The Labute approximate surface area is 97.7 Å². The van der Waals surface area contributed by atoms with Gasteiger partial charge in [0.1, 0.15) is 5.82 Å². The SMILES string of the molecule is OB(O)c1c(F)c(I)cc2sccc12. The average molecular weight is 322 g/mol. The number of thiophene rings is 1. The lowest BCUT2D eigenvalue weighted by molar-refractivity contribution is 0.423. The van der Waals surface area contributed by atoms with E-state index in [-0.39, 0.29) is 5.46 Å². The molecule has 0 fully saturated rings. The van der Waals surface area contributed by atoms with Crippen molar-refractivity contribution in [3.05, 3.63) is 26.9 Å². The van der Waals surface area contributed by atoms with Gasteiger partial charge in [-0.05, 0) is 45.5 Å². The van der Waals surface area contributed by atoms with Crippen LogP contribution in [0.15, 0.2) is 17.5 Å². The maximum Gasteiger partial charge on any atom is 0.492 e. The highest BCUT2D eigenvalue weighted by molar-refractivity contribution is 14.1. The summed E-state index contributed by atoms with van der Waals surface area (Å²) in [5.41, 5.74) is -0.0341. The van der Waals surface area contributed by atoms with Crippen LogP contribution in [0.5, 0.6) is 0 Å². The van der Waals surface area contributed by atoms with Crippen LogP contribution < -0.4 is 5.46 Å². The summed E-state index contributed by atoms with van der Waals surface area (Å²) < 4.78 is 14.8. The topological polar surface area (TPSA) is 40.5 Å². The lowest BCUT2D eigenvalue weighted by atomic mass is 9.78. The number of benzene rings is 1. The first-order valence-electron chi connectivity index (χ1n) is 3.82. The monoisotopic (exact) mass is 322 g/mol. The van der Waals surface area contributed by atoms with Crippen molar-refractivity contribution in [2.75, 3.05) is 0 Å². The van der Waals surface area contributed by atoms with Gasteiger partial charge in [0.05, 0.1) is 0 Å². The zero-order valence-electron chi connectivity index (χ0n) is 6.87. The molecular weight excluding hydrogens is 317 g/mol. The van der Waals surface area contributed by atoms with E-state index < -0.39 is 12.9 Å². The van der Waals surface area contributed by atoms with Crippen LogP contribution in [-0.2, 0) is 0 Å². The van der Waals surface area contributed by atoms with E-state index in [9.17, 15) is 4.39 Å². The zero-order valence-corrected chi connectivity index (χ0v) is 9.84. The molecule has 2 rings (SSSR count). The van der Waals surface area contributed by atoms with Crippen molar-refractivity contribution in [3.8, 4) is 0 Å². The van der Waals surface area contributed by atoms with E-state index in [1.54, 1.807) is 17.5 Å². The lowest BCUT2D eigenvalue weighted by Gasteiger charge is -2.05. The Balaban J connectivity index is 2.86. The van der Waals surface area contributed by atoms with Gasteiger partial charge >= 0.3 is 7.12 Å². The highest BCUT2D eigenvalue weighted by atomic mass is 127. The van der Waals surface area contributed by atoms with Gasteiger partial charge in [-0.3, -0.25) is 0 Å². The van der Waals surface area contributed by atoms with Gasteiger partial charge < -0.3 is 10.0 Å². The summed E-state index contributed by atoms with van der Waals surface area (Å²) in [6, 6.07) is 3.38. The third-order valence-corrected chi connectivity index (χ3v) is 3.60. The molecule has 1 aromatic heterocycles. The van der Waals surface area contributed by atoms with Crippen molar-refractivity contribution in [1.29, 1.82) is 0 Å². The third kappa shape index (κ3) is 1.56. The zero-order chi connectivity index (χ0) is 10.3. The number of rotatable bonds is 1. The van der Waals surface area contributed by atoms with Gasteiger partial charge in [-0.25, -0.2) is 4.39 Å². The quantitative estimate of drug-likeness (QED) is 0.614. The van der Waals surface area contributed by atoms with Gasteiger partial charge in [-0.1, -0.05) is 0 Å². The van der Waals surface area contributed by atoms with Crippen molar-refractivity contribution in [3.63, 3.8) is 0 Å². The van der Waals surface area contributed by atoms with Crippen LogP contribution in [0.25, 0.3) is 10.1 Å². The minimum absolute atomic E-state index is 0.0341. The van der Waals surface area contributed by atoms with Crippen LogP contribution in [0.4, 0.5) is 4.39 Å². The Morgan fingerprint density at radius 2 is 2.14 bits per heavy atom. The van der Waals surface area contributed by atoms with Crippen molar-refractivity contribution in [2.45, 2.75) is 0 Å². The van der Waals surface area contributed by atoms with Crippen molar-refractivity contribution in [1.82, 2.24) is 0 Å². The largest absolute Gasteiger partial charge is 0.492 e. The molecule has 2 N–H and O–H groups in total. The molecule has 0 spiro atoms. The van der Waals surface area contributed by atoms with E-state index in [1.165, 1.54) is 11.3 Å². The summed E-state index contributed by atoms with van der Waals surface area (Å²) in [5.74, 6) is -0.550. The first kappa shape index (κ1) is 10.3. The molecule has 72 valence electrons. The van der Waals surface area contributed by atoms with Gasteiger partial charge in [0, 0.05) is 13.7 Å². The van der Waals surface area contributed by atoms with Crippen LogP contribution in [0.1, 0.15) is 0 Å². The molecule has 1 aromatic carbocycles. The molecule has 1 heterocycles. The Morgan fingerprint density at radius 3 is 2.79 bits per heavy atom. The molecule has 0 saturated carbocycles. The van der Waals surface area contributed by atoms with Crippen molar-refractivity contribution in [2.24, 2.45) is 0 Å². The van der Waals surface area contributed by atoms with Crippen LogP contribution in [0.2, 0.25) is 0 Å². The third-order valence-electron chi connectivity index (χ3n) is 1.95. The molecule has 0 atom stereocenters. The van der Waals surface area contributed by atoms with Crippen LogP contribution in [-0.4, -0.2) is 17.2 Å². The highest BCUT2D eigenvalue weighted by Crippen LogP contribution is 2.23. The summed E-state index contributed by atoms with van der Waals surface area (Å²) in [6.45, 7) is 0. The summed E-state index contributed by atoms with van der Waals surface area (Å²) in [4.78, 5) is 0. The fraction of sp³-hybridized carbons (Fsp3) is 0. The first-order chi connectivity index (χ1) is 6.61. The normalized spacial score (nSPS) is 10.9. The highest BCUT2D eigenvalue weighted by Gasteiger charge is 2.22. The van der Waals surface area contributed by atoms with Crippen LogP contribution in [0, 0.1) is 9.39 Å². The number of fused-ring (bicyclic) bond motifs is 1. The van der Waals surface area contributed by atoms with E-state index in [0.717, 1.165) is 4.70 Å². The van der Waals surface area contributed by atoms with Crippen molar-refractivity contribution >= 4 is 56.6 Å². The molecule has 2 aromatic rings. The maximum atomic E-state index is 13.5. The number of hydrogen-bond donors (Lipinski definition) is 2. The smallest absolute Gasteiger partial charge is 0.423 e. The van der Waals surface area contributed by atoms with E-state index >= 15 is 0 Å². The molecule has 0 aliphatic carbocycles. The Morgan fingerprint density at radius 1 is 1.43 bits per heavy atom. The number of halogens is 2. The molecule has 0 aliphatic rings. The van der Waals surface area contributed by atoms with Gasteiger partial charge in [0.25, 0.3) is 0 Å². The molecule has 0 amide bonds. The lowest BCUT2D eigenvalue weighted by Crippen LogP contribution is -2.33. The minimum atomic E-state index is -1.76. The molecule has 0 saturated heterocycles. The standard InChI is InChI=1S/C8H5BFIO2S/c10-8-5(11)3-6-4(1-2-14-6)7(8)9(12)13/h1-3,12-13H. The van der Waals surface area contributed by atoms with Gasteiger partial charge in [-0.15, -0.1) is 11.3 Å². The summed E-state index contributed by atoms with van der Waals surface area (Å²) >= 11 is 3.29. The van der Waals surface area contributed by atoms with Crippen LogP contribution >= 0.6 is 33.9 Å². The Bertz CT molecular complexity index is 485. The predicted octanol–water partition coefficient (Wildman–Crippen LogP) is 1.32. The fourth-order valence-corrected chi connectivity index (χ4v) is 2.99. The maximum absolute atomic E-state index is 13.5. The van der Waals surface area contributed by atoms with Crippen molar-refractivity contribution < 1.29 is 14.4 Å². The summed E-state index contributed by atoms with van der Waals surface area (Å²) in [6.07, 6.45) is 0. The van der Waals surface area contributed by atoms with E-state index in [1.807, 2.05) is 22.6 Å². The molecular formula is C8H5BFIO2S. The first-order valence-corrected chi connectivity index (χ1v) is 5.78. The average Bonchev–Trinajstić information content (AvgIpc) is 2.52. The Hall–Kier alpha value is -0.175. The fourth-order valence-electron chi connectivity index (χ4n) is 1.33. The van der Waals surface area contributed by atoms with E-state index in [0.29, 0.717) is 8.96 Å². The number of hydrogen-bond acceptors (Lipinski definition) is 3. The second-order valence-corrected chi connectivity index (χ2v) is 4.90. The van der Waals surface area contributed by atoms with Gasteiger partial charge in [-0.2, -0.15) is 0 Å².